The van der Waals surface area contributed by atoms with E-state index >= 15 is 0 Å². The van der Waals surface area contributed by atoms with E-state index in [0.29, 0.717) is 21.6 Å². The molecular weight excluding hydrogens is 250 g/mol. The summed E-state index contributed by atoms with van der Waals surface area (Å²) < 4.78 is 10.2. The fraction of sp³-hybridized carbons (Fsp3) is 0.333. The van der Waals surface area contributed by atoms with Crippen molar-refractivity contribution < 1.29 is 14.3 Å². The van der Waals surface area contributed by atoms with Crippen LogP contribution in [0.3, 0.4) is 0 Å². The lowest BCUT2D eigenvalue weighted by Gasteiger charge is -2.07. The Morgan fingerprint density at radius 2 is 2.14 bits per heavy atom. The average molecular weight is 260 g/mol. The molecule has 0 N–H and O–H groups in total. The van der Waals surface area contributed by atoms with Gasteiger partial charge in [0.25, 0.3) is 0 Å². The second-order valence-corrected chi connectivity index (χ2v) is 3.46. The minimum absolute atomic E-state index is 0.404. The van der Waals surface area contributed by atoms with E-state index < -0.39 is 5.97 Å². The molecule has 0 amide bonds. The van der Waals surface area contributed by atoms with Gasteiger partial charge in [-0.05, 0) is 28.9 Å². The van der Waals surface area contributed by atoms with Gasteiger partial charge in [-0.2, -0.15) is 0 Å². The molecule has 0 saturated heterocycles. The molecule has 0 aromatic carbocycles. The molecule has 76 valence electrons. The molecule has 1 aromatic heterocycles. The summed E-state index contributed by atoms with van der Waals surface area (Å²) in [6.45, 7) is 1.72. The van der Waals surface area contributed by atoms with Crippen LogP contribution in [0.1, 0.15) is 16.1 Å². The fourth-order valence-corrected chi connectivity index (χ4v) is 1.50. The molecule has 1 aromatic rings. The van der Waals surface area contributed by atoms with Crippen LogP contribution in [0.15, 0.2) is 10.5 Å². The van der Waals surface area contributed by atoms with Crippen LogP contribution in [0.25, 0.3) is 0 Å². The van der Waals surface area contributed by atoms with E-state index in [0.717, 1.165) is 0 Å². The molecule has 0 aliphatic rings. The van der Waals surface area contributed by atoms with E-state index in [9.17, 15) is 4.79 Å². The summed E-state index contributed by atoms with van der Waals surface area (Å²) in [5.41, 5.74) is 1.01. The lowest BCUT2D eigenvalue weighted by molar-refractivity contribution is 0.0599. The minimum Gasteiger partial charge on any atom is -0.480 e. The van der Waals surface area contributed by atoms with Crippen LogP contribution in [0.4, 0.5) is 0 Å². The summed E-state index contributed by atoms with van der Waals surface area (Å²) in [5, 5.41) is 0. The zero-order valence-corrected chi connectivity index (χ0v) is 9.71. The number of methoxy groups -OCH3 is 2. The molecule has 0 spiro atoms. The zero-order chi connectivity index (χ0) is 10.7. The first-order valence-corrected chi connectivity index (χ1v) is 4.69. The van der Waals surface area contributed by atoms with Crippen molar-refractivity contribution in [1.29, 1.82) is 0 Å². The Hall–Kier alpha value is -1.10. The SMILES string of the molecule is COC(=O)c1cc(Br)c(OC)nc1C. The molecule has 1 rings (SSSR count). The maximum absolute atomic E-state index is 11.3. The molecule has 0 saturated carbocycles. The minimum atomic E-state index is -0.404. The summed E-state index contributed by atoms with van der Waals surface area (Å²) >= 11 is 3.24. The molecule has 5 heteroatoms. The Labute approximate surface area is 90.4 Å². The fourth-order valence-electron chi connectivity index (χ4n) is 1.02. The van der Waals surface area contributed by atoms with Crippen molar-refractivity contribution in [3.05, 3.63) is 21.8 Å². The lowest BCUT2D eigenvalue weighted by atomic mass is 10.2. The highest BCUT2D eigenvalue weighted by Crippen LogP contribution is 2.25. The Morgan fingerprint density at radius 1 is 1.50 bits per heavy atom. The molecule has 0 aliphatic carbocycles. The smallest absolute Gasteiger partial charge is 0.339 e. The van der Waals surface area contributed by atoms with Crippen LogP contribution in [-0.2, 0) is 4.74 Å². The van der Waals surface area contributed by atoms with Crippen molar-refractivity contribution in [3.8, 4) is 5.88 Å². The van der Waals surface area contributed by atoms with E-state index in [1.165, 1.54) is 14.2 Å². The number of carbonyl (C=O) groups excluding carboxylic acids is 1. The third kappa shape index (κ3) is 2.04. The van der Waals surface area contributed by atoms with Gasteiger partial charge in [-0.15, -0.1) is 0 Å². The van der Waals surface area contributed by atoms with E-state index in [1.54, 1.807) is 13.0 Å². The van der Waals surface area contributed by atoms with Gasteiger partial charge in [-0.25, -0.2) is 9.78 Å². The quantitative estimate of drug-likeness (QED) is 0.762. The number of halogens is 1. The molecule has 0 radical (unpaired) electrons. The van der Waals surface area contributed by atoms with Gasteiger partial charge >= 0.3 is 5.97 Å². The topological polar surface area (TPSA) is 48.4 Å². The van der Waals surface area contributed by atoms with Crippen LogP contribution in [0.2, 0.25) is 0 Å². The molecule has 0 unspecified atom stereocenters. The molecule has 1 heterocycles. The van der Waals surface area contributed by atoms with Crippen LogP contribution in [0.5, 0.6) is 5.88 Å². The van der Waals surface area contributed by atoms with Crippen molar-refractivity contribution in [2.45, 2.75) is 6.92 Å². The average Bonchev–Trinajstić information content (AvgIpc) is 2.19. The summed E-state index contributed by atoms with van der Waals surface area (Å²) in [6.07, 6.45) is 0. The van der Waals surface area contributed by atoms with Crippen LogP contribution in [0, 0.1) is 6.92 Å². The number of rotatable bonds is 2. The maximum Gasteiger partial charge on any atom is 0.339 e. The first kappa shape index (κ1) is 11.0. The van der Waals surface area contributed by atoms with Gasteiger partial charge in [-0.1, -0.05) is 0 Å². The molecule has 0 aliphatic heterocycles. The molecule has 4 nitrogen and oxygen atoms in total. The third-order valence-electron chi connectivity index (χ3n) is 1.73. The van der Waals surface area contributed by atoms with Gasteiger partial charge in [-0.3, -0.25) is 0 Å². The lowest BCUT2D eigenvalue weighted by Crippen LogP contribution is -2.06. The Kier molecular flexibility index (Phi) is 3.46. The monoisotopic (exact) mass is 259 g/mol. The molecule has 0 bridgehead atoms. The number of pyridine rings is 1. The molecule has 0 fully saturated rings. The second kappa shape index (κ2) is 4.41. The Morgan fingerprint density at radius 3 is 2.64 bits per heavy atom. The largest absolute Gasteiger partial charge is 0.480 e. The van der Waals surface area contributed by atoms with Crippen LogP contribution < -0.4 is 4.74 Å². The first-order valence-electron chi connectivity index (χ1n) is 3.89. The van der Waals surface area contributed by atoms with Crippen molar-refractivity contribution in [2.75, 3.05) is 14.2 Å². The highest BCUT2D eigenvalue weighted by molar-refractivity contribution is 9.10. The van der Waals surface area contributed by atoms with Gasteiger partial charge in [0, 0.05) is 0 Å². The number of carbonyl (C=O) groups is 1. The van der Waals surface area contributed by atoms with Crippen LogP contribution >= 0.6 is 15.9 Å². The van der Waals surface area contributed by atoms with Gasteiger partial charge in [0.2, 0.25) is 5.88 Å². The predicted molar refractivity (Wildman–Crippen MR) is 54.6 cm³/mol. The molecule has 0 atom stereocenters. The highest BCUT2D eigenvalue weighted by Gasteiger charge is 2.14. The van der Waals surface area contributed by atoms with Crippen LogP contribution in [-0.4, -0.2) is 25.2 Å². The predicted octanol–water partition coefficient (Wildman–Crippen LogP) is 1.95. The van der Waals surface area contributed by atoms with Crippen molar-refractivity contribution in [1.82, 2.24) is 4.98 Å². The number of esters is 1. The maximum atomic E-state index is 11.3. The number of nitrogens with zero attached hydrogens (tertiary/aromatic N) is 1. The highest BCUT2D eigenvalue weighted by atomic mass is 79.9. The number of hydrogen-bond acceptors (Lipinski definition) is 4. The summed E-state index contributed by atoms with van der Waals surface area (Å²) in [7, 11) is 2.85. The Bertz CT molecular complexity index is 365. The van der Waals surface area contributed by atoms with E-state index in [-0.39, 0.29) is 0 Å². The Balaban J connectivity index is 3.21. The van der Waals surface area contributed by atoms with E-state index in [1.807, 2.05) is 0 Å². The number of hydrogen-bond donors (Lipinski definition) is 0. The van der Waals surface area contributed by atoms with E-state index in [4.69, 9.17) is 4.74 Å². The van der Waals surface area contributed by atoms with Crippen molar-refractivity contribution >= 4 is 21.9 Å². The van der Waals surface area contributed by atoms with Crippen molar-refractivity contribution in [2.24, 2.45) is 0 Å². The number of aryl methyl sites for hydroxylation is 1. The number of aromatic nitrogens is 1. The summed E-state index contributed by atoms with van der Waals surface area (Å²) in [6, 6.07) is 1.63. The first-order chi connectivity index (χ1) is 6.60. The zero-order valence-electron chi connectivity index (χ0n) is 8.13. The normalized spacial score (nSPS) is 9.71. The molecule has 14 heavy (non-hydrogen) atoms. The third-order valence-corrected chi connectivity index (χ3v) is 2.30. The summed E-state index contributed by atoms with van der Waals surface area (Å²) in [5.74, 6) is 0.0495. The van der Waals surface area contributed by atoms with Gasteiger partial charge in [0.15, 0.2) is 0 Å². The van der Waals surface area contributed by atoms with Gasteiger partial charge in [0.1, 0.15) is 0 Å². The standard InChI is InChI=1S/C9H10BrNO3/c1-5-6(9(12)14-3)4-7(10)8(11-5)13-2/h4H,1-3H3. The number of ether oxygens (including phenoxy) is 2. The van der Waals surface area contributed by atoms with Crippen molar-refractivity contribution in [3.63, 3.8) is 0 Å². The molecular formula is C9H10BrNO3. The summed E-state index contributed by atoms with van der Waals surface area (Å²) in [4.78, 5) is 15.4. The van der Waals surface area contributed by atoms with E-state index in [2.05, 4.69) is 25.7 Å². The van der Waals surface area contributed by atoms with Gasteiger partial charge in [0.05, 0.1) is 29.9 Å². The van der Waals surface area contributed by atoms with Gasteiger partial charge < -0.3 is 9.47 Å². The second-order valence-electron chi connectivity index (χ2n) is 2.60.